The fraction of sp³-hybridized carbons (Fsp3) is 0.263. The van der Waals surface area contributed by atoms with E-state index in [9.17, 15) is 19.7 Å². The Kier molecular flexibility index (Phi) is 5.04. The molecule has 0 spiro atoms. The quantitative estimate of drug-likeness (QED) is 0.348. The molecule has 1 fully saturated rings. The molecule has 0 bridgehead atoms. The predicted octanol–water partition coefficient (Wildman–Crippen LogP) is 3.11. The zero-order valence-electron chi connectivity index (χ0n) is 15.9. The fourth-order valence-electron chi connectivity index (χ4n) is 3.28. The van der Waals surface area contributed by atoms with Gasteiger partial charge in [-0.25, -0.2) is 4.79 Å². The van der Waals surface area contributed by atoms with E-state index in [1.807, 2.05) is 17.5 Å². The van der Waals surface area contributed by atoms with Crippen molar-refractivity contribution >= 4 is 29.0 Å². The van der Waals surface area contributed by atoms with E-state index in [0.717, 1.165) is 9.78 Å². The summed E-state index contributed by atoms with van der Waals surface area (Å²) in [5, 5.41) is 19.5. The van der Waals surface area contributed by atoms with Gasteiger partial charge in [-0.3, -0.25) is 19.8 Å². The molecule has 11 heteroatoms. The molecular weight excluding hydrogens is 410 g/mol. The van der Waals surface area contributed by atoms with Crippen LogP contribution in [0.3, 0.4) is 0 Å². The summed E-state index contributed by atoms with van der Waals surface area (Å²) in [5.41, 5.74) is -1.15. The monoisotopic (exact) mass is 427 g/mol. The summed E-state index contributed by atoms with van der Waals surface area (Å²) >= 11 is 1.50. The normalized spacial score (nSPS) is 18.6. The largest absolute Gasteiger partial charge is 0.339 e. The Morgan fingerprint density at radius 1 is 1.30 bits per heavy atom. The van der Waals surface area contributed by atoms with Crippen molar-refractivity contribution in [3.63, 3.8) is 0 Å². The van der Waals surface area contributed by atoms with E-state index in [-0.39, 0.29) is 12.2 Å². The number of nitro groups is 1. The van der Waals surface area contributed by atoms with Gasteiger partial charge in [0.25, 0.3) is 11.6 Å². The van der Waals surface area contributed by atoms with E-state index in [1.54, 1.807) is 6.07 Å². The maximum Gasteiger partial charge on any atom is 0.325 e. The average Bonchev–Trinajstić information content (AvgIpc) is 3.45. The number of non-ortho nitro benzene ring substituents is 1. The maximum absolute atomic E-state index is 12.9. The SMILES string of the molecule is CC1(c2cccc([N+](=O)[O-])c2)NC(=O)N(CCCc2nc(-c3cccs3)no2)C1=O. The number of hydrogen-bond donors (Lipinski definition) is 1. The van der Waals surface area contributed by atoms with Gasteiger partial charge in [0.05, 0.1) is 9.80 Å². The molecule has 10 nitrogen and oxygen atoms in total. The van der Waals surface area contributed by atoms with Crippen LogP contribution in [0.15, 0.2) is 46.3 Å². The Morgan fingerprint density at radius 2 is 2.13 bits per heavy atom. The summed E-state index contributed by atoms with van der Waals surface area (Å²) < 4.78 is 5.23. The first-order valence-corrected chi connectivity index (χ1v) is 10.0. The number of imide groups is 1. The van der Waals surface area contributed by atoms with Crippen LogP contribution in [0.1, 0.15) is 24.8 Å². The number of thiophene rings is 1. The van der Waals surface area contributed by atoms with Crippen molar-refractivity contribution in [3.05, 3.63) is 63.3 Å². The van der Waals surface area contributed by atoms with Gasteiger partial charge in [-0.1, -0.05) is 23.4 Å². The van der Waals surface area contributed by atoms with Gasteiger partial charge in [0.1, 0.15) is 5.54 Å². The molecule has 1 aliphatic heterocycles. The Hall–Kier alpha value is -3.60. The van der Waals surface area contributed by atoms with Gasteiger partial charge in [-0.2, -0.15) is 4.98 Å². The zero-order chi connectivity index (χ0) is 21.3. The minimum absolute atomic E-state index is 0.146. The van der Waals surface area contributed by atoms with Gasteiger partial charge in [0.2, 0.25) is 11.7 Å². The number of urea groups is 1. The maximum atomic E-state index is 12.9. The lowest BCUT2D eigenvalue weighted by Gasteiger charge is -2.22. The lowest BCUT2D eigenvalue weighted by Crippen LogP contribution is -2.41. The Balaban J connectivity index is 1.42. The summed E-state index contributed by atoms with van der Waals surface area (Å²) in [6.45, 7) is 1.70. The third kappa shape index (κ3) is 3.54. The van der Waals surface area contributed by atoms with Crippen molar-refractivity contribution in [3.8, 4) is 10.7 Å². The van der Waals surface area contributed by atoms with Crippen molar-refractivity contribution in [2.75, 3.05) is 6.54 Å². The number of carbonyl (C=O) groups excluding carboxylic acids is 2. The molecule has 0 aliphatic carbocycles. The third-order valence-electron chi connectivity index (χ3n) is 4.89. The zero-order valence-corrected chi connectivity index (χ0v) is 16.7. The van der Waals surface area contributed by atoms with Gasteiger partial charge in [-0.05, 0) is 30.4 Å². The second-order valence-electron chi connectivity index (χ2n) is 6.91. The molecule has 0 radical (unpaired) electrons. The van der Waals surface area contributed by atoms with Gasteiger partial charge in [0.15, 0.2) is 0 Å². The highest BCUT2D eigenvalue weighted by atomic mass is 32.1. The number of hydrogen-bond acceptors (Lipinski definition) is 8. The molecule has 1 N–H and O–H groups in total. The number of nitrogens with zero attached hydrogens (tertiary/aromatic N) is 4. The third-order valence-corrected chi connectivity index (χ3v) is 5.76. The van der Waals surface area contributed by atoms with Crippen LogP contribution in [0.5, 0.6) is 0 Å². The van der Waals surface area contributed by atoms with Crippen molar-refractivity contribution in [2.45, 2.75) is 25.3 Å². The van der Waals surface area contributed by atoms with Crippen molar-refractivity contribution in [2.24, 2.45) is 0 Å². The average molecular weight is 427 g/mol. The van der Waals surface area contributed by atoms with Crippen molar-refractivity contribution < 1.29 is 19.0 Å². The van der Waals surface area contributed by atoms with Crippen molar-refractivity contribution in [1.29, 1.82) is 0 Å². The van der Waals surface area contributed by atoms with Crippen LogP contribution in [0, 0.1) is 10.1 Å². The highest BCUT2D eigenvalue weighted by molar-refractivity contribution is 7.13. The van der Waals surface area contributed by atoms with Crippen LogP contribution in [0.2, 0.25) is 0 Å². The van der Waals surface area contributed by atoms with Crippen LogP contribution < -0.4 is 5.32 Å². The van der Waals surface area contributed by atoms with E-state index >= 15 is 0 Å². The van der Waals surface area contributed by atoms with Crippen LogP contribution in [0.25, 0.3) is 10.7 Å². The van der Waals surface area contributed by atoms with E-state index in [1.165, 1.54) is 36.5 Å². The predicted molar refractivity (Wildman–Crippen MR) is 107 cm³/mol. The van der Waals surface area contributed by atoms with Gasteiger partial charge in [0, 0.05) is 25.1 Å². The number of amides is 3. The van der Waals surface area contributed by atoms with E-state index in [2.05, 4.69) is 15.5 Å². The van der Waals surface area contributed by atoms with Gasteiger partial charge >= 0.3 is 6.03 Å². The molecule has 1 aliphatic rings. The number of rotatable bonds is 7. The number of aryl methyl sites for hydroxylation is 1. The van der Waals surface area contributed by atoms with Crippen molar-refractivity contribution in [1.82, 2.24) is 20.4 Å². The molecule has 0 saturated carbocycles. The molecule has 4 rings (SSSR count). The minimum atomic E-state index is -1.36. The van der Waals surface area contributed by atoms with Crippen LogP contribution in [-0.2, 0) is 16.8 Å². The highest BCUT2D eigenvalue weighted by Crippen LogP contribution is 2.31. The molecule has 2 aromatic heterocycles. The summed E-state index contributed by atoms with van der Waals surface area (Å²) in [6, 6.07) is 8.94. The molecule has 1 unspecified atom stereocenters. The summed E-state index contributed by atoms with van der Waals surface area (Å²) in [5.74, 6) is 0.470. The first-order valence-electron chi connectivity index (χ1n) is 9.14. The molecule has 1 saturated heterocycles. The molecule has 1 atom stereocenters. The lowest BCUT2D eigenvalue weighted by molar-refractivity contribution is -0.385. The lowest BCUT2D eigenvalue weighted by atomic mass is 9.91. The van der Waals surface area contributed by atoms with Crippen LogP contribution in [0.4, 0.5) is 10.5 Å². The minimum Gasteiger partial charge on any atom is -0.339 e. The molecule has 3 aromatic rings. The van der Waals surface area contributed by atoms with Gasteiger partial charge < -0.3 is 9.84 Å². The first-order chi connectivity index (χ1) is 14.4. The fourth-order valence-corrected chi connectivity index (χ4v) is 3.93. The Morgan fingerprint density at radius 3 is 2.87 bits per heavy atom. The standard InChI is InChI=1S/C19H17N5O5S/c1-19(12-5-2-6-13(11-12)24(27)28)17(25)23(18(26)21-19)9-3-8-15-20-16(22-29-15)14-7-4-10-30-14/h2,4-7,10-11H,3,8-9H2,1H3,(H,21,26). The van der Waals surface area contributed by atoms with Gasteiger partial charge in [-0.15, -0.1) is 11.3 Å². The van der Waals surface area contributed by atoms with E-state index in [0.29, 0.717) is 30.1 Å². The second-order valence-corrected chi connectivity index (χ2v) is 7.86. The number of carbonyl (C=O) groups is 2. The number of benzene rings is 1. The molecule has 30 heavy (non-hydrogen) atoms. The second kappa shape index (κ2) is 7.67. The number of aromatic nitrogens is 2. The first kappa shape index (κ1) is 19.7. The smallest absolute Gasteiger partial charge is 0.325 e. The Bertz CT molecular complexity index is 1110. The molecule has 1 aromatic carbocycles. The van der Waals surface area contributed by atoms with E-state index in [4.69, 9.17) is 4.52 Å². The Labute approximate surface area is 174 Å². The van der Waals surface area contributed by atoms with Crippen LogP contribution in [-0.4, -0.2) is 38.4 Å². The molecular formula is C19H17N5O5S. The summed E-state index contributed by atoms with van der Waals surface area (Å²) in [6.07, 6.45) is 0.846. The van der Waals surface area contributed by atoms with Crippen LogP contribution >= 0.6 is 11.3 Å². The number of nitro benzene ring substituents is 1. The molecule has 154 valence electrons. The summed E-state index contributed by atoms with van der Waals surface area (Å²) in [4.78, 5) is 42.2. The molecule has 3 heterocycles. The van der Waals surface area contributed by atoms with E-state index < -0.39 is 22.4 Å². The topological polar surface area (TPSA) is 131 Å². The number of nitrogens with one attached hydrogen (secondary N) is 1. The highest BCUT2D eigenvalue weighted by Gasteiger charge is 2.49. The molecule has 3 amide bonds. The summed E-state index contributed by atoms with van der Waals surface area (Å²) in [7, 11) is 0.